The first-order valence-corrected chi connectivity index (χ1v) is 11.9. The third-order valence-corrected chi connectivity index (χ3v) is 8.25. The number of hydrogen-bond acceptors (Lipinski definition) is 3. The smallest absolute Gasteiger partial charge is 0.320 e. The van der Waals surface area contributed by atoms with Crippen molar-refractivity contribution in [2.75, 3.05) is 33.7 Å². The summed E-state index contributed by atoms with van der Waals surface area (Å²) in [5, 5.41) is 0. The number of rotatable bonds is 8. The van der Waals surface area contributed by atoms with Crippen LogP contribution in [0.5, 0.6) is 0 Å². The van der Waals surface area contributed by atoms with E-state index in [1.807, 2.05) is 4.90 Å². The molecule has 6 nitrogen and oxygen atoms in total. The van der Waals surface area contributed by atoms with Crippen molar-refractivity contribution >= 4 is 11.9 Å². The molecule has 1 saturated heterocycles. The highest BCUT2D eigenvalue weighted by atomic mass is 16.2. The number of nitrogens with zero attached hydrogens (tertiary/aromatic N) is 3. The standard InChI is InChI=1S/C25H38N4O2/c1-27(2)25(21-10-4-3-5-11-21)15-13-24(14-16-25)19-28(17-7-12-22(26)30)23(31)29(24)18-20-8-6-9-20/h3-5,10-11,20H,6-9,12-19H2,1-2H3,(H2,26,30). The first kappa shape index (κ1) is 22.1. The fraction of sp³-hybridized carbons (Fsp3) is 0.680. The number of urea groups is 1. The SMILES string of the molecule is CN(C)C1(c2ccccc2)CCC2(CC1)CN(CCCC(N)=O)C(=O)N2CC1CCC1. The Labute approximate surface area is 186 Å². The molecule has 0 atom stereocenters. The highest BCUT2D eigenvalue weighted by molar-refractivity contribution is 5.78. The van der Waals surface area contributed by atoms with Gasteiger partial charge in [-0.3, -0.25) is 9.69 Å². The van der Waals surface area contributed by atoms with E-state index in [0.717, 1.165) is 38.8 Å². The number of benzene rings is 1. The predicted molar refractivity (Wildman–Crippen MR) is 122 cm³/mol. The Bertz CT molecular complexity index is 782. The Morgan fingerprint density at radius 2 is 1.81 bits per heavy atom. The molecule has 4 rings (SSSR count). The van der Waals surface area contributed by atoms with Crippen molar-refractivity contribution in [3.63, 3.8) is 0 Å². The maximum absolute atomic E-state index is 13.4. The molecule has 0 aromatic heterocycles. The molecular weight excluding hydrogens is 388 g/mol. The average Bonchev–Trinajstić information content (AvgIpc) is 2.97. The first-order chi connectivity index (χ1) is 14.9. The van der Waals surface area contributed by atoms with Crippen LogP contribution < -0.4 is 5.73 Å². The zero-order valence-electron chi connectivity index (χ0n) is 19.2. The van der Waals surface area contributed by atoms with Crippen LogP contribution in [-0.4, -0.2) is 65.9 Å². The van der Waals surface area contributed by atoms with Crippen LogP contribution in [0.4, 0.5) is 4.79 Å². The van der Waals surface area contributed by atoms with Crippen molar-refractivity contribution in [1.29, 1.82) is 0 Å². The van der Waals surface area contributed by atoms with Crippen molar-refractivity contribution < 1.29 is 9.59 Å². The quantitative estimate of drug-likeness (QED) is 0.691. The van der Waals surface area contributed by atoms with Crippen molar-refractivity contribution in [2.45, 2.75) is 68.9 Å². The fourth-order valence-electron chi connectivity index (χ4n) is 6.01. The number of nitrogens with two attached hydrogens (primary N) is 1. The van der Waals surface area contributed by atoms with Gasteiger partial charge in [0.05, 0.1) is 5.54 Å². The van der Waals surface area contributed by atoms with Gasteiger partial charge >= 0.3 is 6.03 Å². The number of amides is 3. The van der Waals surface area contributed by atoms with E-state index in [2.05, 4.69) is 54.2 Å². The summed E-state index contributed by atoms with van der Waals surface area (Å²) in [6.07, 6.45) is 8.91. The molecule has 6 heteroatoms. The minimum Gasteiger partial charge on any atom is -0.370 e. The van der Waals surface area contributed by atoms with Crippen LogP contribution in [0.1, 0.15) is 63.4 Å². The van der Waals surface area contributed by atoms with Crippen molar-refractivity contribution in [3.8, 4) is 0 Å². The topological polar surface area (TPSA) is 69.9 Å². The average molecular weight is 427 g/mol. The van der Waals surface area contributed by atoms with Crippen molar-refractivity contribution in [3.05, 3.63) is 35.9 Å². The maximum Gasteiger partial charge on any atom is 0.320 e. The zero-order valence-corrected chi connectivity index (χ0v) is 19.2. The lowest BCUT2D eigenvalue weighted by Crippen LogP contribution is -2.56. The summed E-state index contributed by atoms with van der Waals surface area (Å²) < 4.78 is 0. The molecule has 2 saturated carbocycles. The molecule has 1 spiro atoms. The minimum absolute atomic E-state index is 0.0249. The van der Waals surface area contributed by atoms with Gasteiger partial charge in [-0.2, -0.15) is 0 Å². The summed E-state index contributed by atoms with van der Waals surface area (Å²) in [7, 11) is 4.38. The van der Waals surface area contributed by atoms with Gasteiger partial charge in [-0.05, 0) is 70.5 Å². The Balaban J connectivity index is 1.53. The third-order valence-electron chi connectivity index (χ3n) is 8.25. The van der Waals surface area contributed by atoms with Gasteiger partial charge in [0.1, 0.15) is 0 Å². The molecule has 170 valence electrons. The van der Waals surface area contributed by atoms with Gasteiger partial charge in [-0.15, -0.1) is 0 Å². The second-order valence-corrected chi connectivity index (χ2v) is 10.2. The number of carbonyl (C=O) groups is 2. The highest BCUT2D eigenvalue weighted by Crippen LogP contribution is 2.49. The Morgan fingerprint density at radius 3 is 2.35 bits per heavy atom. The summed E-state index contributed by atoms with van der Waals surface area (Å²) in [5.74, 6) is 0.366. The molecule has 3 aliphatic rings. The summed E-state index contributed by atoms with van der Waals surface area (Å²) in [5.41, 5.74) is 6.65. The second-order valence-electron chi connectivity index (χ2n) is 10.2. The van der Waals surface area contributed by atoms with Crippen LogP contribution in [0.2, 0.25) is 0 Å². The van der Waals surface area contributed by atoms with Gasteiger partial charge < -0.3 is 15.5 Å². The van der Waals surface area contributed by atoms with Crippen LogP contribution in [0, 0.1) is 5.92 Å². The number of primary amides is 1. The molecule has 2 aliphatic carbocycles. The summed E-state index contributed by atoms with van der Waals surface area (Å²) in [6.45, 7) is 2.31. The third kappa shape index (κ3) is 4.19. The van der Waals surface area contributed by atoms with E-state index in [0.29, 0.717) is 25.3 Å². The Hall–Kier alpha value is -2.08. The van der Waals surface area contributed by atoms with Gasteiger partial charge in [-0.1, -0.05) is 36.8 Å². The molecule has 1 aromatic rings. The predicted octanol–water partition coefficient (Wildman–Crippen LogP) is 3.56. The maximum atomic E-state index is 13.4. The largest absolute Gasteiger partial charge is 0.370 e. The van der Waals surface area contributed by atoms with E-state index in [9.17, 15) is 9.59 Å². The first-order valence-electron chi connectivity index (χ1n) is 11.9. The van der Waals surface area contributed by atoms with Gasteiger partial charge in [0, 0.05) is 31.6 Å². The van der Waals surface area contributed by atoms with Gasteiger partial charge in [0.15, 0.2) is 0 Å². The van der Waals surface area contributed by atoms with E-state index >= 15 is 0 Å². The van der Waals surface area contributed by atoms with Crippen molar-refractivity contribution in [1.82, 2.24) is 14.7 Å². The molecular formula is C25H38N4O2. The molecule has 1 aromatic carbocycles. The molecule has 0 bridgehead atoms. The van der Waals surface area contributed by atoms with Gasteiger partial charge in [-0.25, -0.2) is 4.79 Å². The molecule has 31 heavy (non-hydrogen) atoms. The fourth-order valence-corrected chi connectivity index (χ4v) is 6.01. The summed E-state index contributed by atoms with van der Waals surface area (Å²) in [4.78, 5) is 31.2. The second kappa shape index (κ2) is 8.81. The molecule has 0 unspecified atom stereocenters. The lowest BCUT2D eigenvalue weighted by molar-refractivity contribution is -0.118. The number of carbonyl (C=O) groups excluding carboxylic acids is 2. The summed E-state index contributed by atoms with van der Waals surface area (Å²) in [6, 6.07) is 11.0. The molecule has 2 N–H and O–H groups in total. The highest BCUT2D eigenvalue weighted by Gasteiger charge is 2.54. The molecule has 3 fully saturated rings. The van der Waals surface area contributed by atoms with Gasteiger partial charge in [0.25, 0.3) is 0 Å². The van der Waals surface area contributed by atoms with E-state index < -0.39 is 0 Å². The van der Waals surface area contributed by atoms with Gasteiger partial charge in [0.2, 0.25) is 5.91 Å². The summed E-state index contributed by atoms with van der Waals surface area (Å²) >= 11 is 0. The van der Waals surface area contributed by atoms with Crippen LogP contribution in [0.3, 0.4) is 0 Å². The van der Waals surface area contributed by atoms with Crippen LogP contribution in [0.15, 0.2) is 30.3 Å². The monoisotopic (exact) mass is 426 g/mol. The van der Waals surface area contributed by atoms with E-state index in [-0.39, 0.29) is 23.0 Å². The Kier molecular flexibility index (Phi) is 6.29. The van der Waals surface area contributed by atoms with Crippen molar-refractivity contribution in [2.24, 2.45) is 11.7 Å². The van der Waals surface area contributed by atoms with E-state index in [4.69, 9.17) is 5.73 Å². The normalized spacial score (nSPS) is 29.1. The zero-order chi connectivity index (χ0) is 22.1. The van der Waals surface area contributed by atoms with Crippen LogP contribution >= 0.6 is 0 Å². The minimum atomic E-state index is -0.288. The molecule has 1 aliphatic heterocycles. The van der Waals surface area contributed by atoms with E-state index in [1.54, 1.807) is 0 Å². The van der Waals surface area contributed by atoms with Crippen LogP contribution in [-0.2, 0) is 10.3 Å². The lowest BCUT2D eigenvalue weighted by Gasteiger charge is -2.51. The lowest BCUT2D eigenvalue weighted by atomic mass is 9.68. The van der Waals surface area contributed by atoms with E-state index in [1.165, 1.54) is 24.8 Å². The molecule has 1 heterocycles. The van der Waals surface area contributed by atoms with Crippen LogP contribution in [0.25, 0.3) is 0 Å². The molecule has 0 radical (unpaired) electrons. The molecule has 3 amide bonds. The Morgan fingerprint density at radius 1 is 1.13 bits per heavy atom. The number of hydrogen-bond donors (Lipinski definition) is 1.